The zero-order chi connectivity index (χ0) is 19.2. The van der Waals surface area contributed by atoms with E-state index in [-0.39, 0.29) is 5.41 Å². The Balaban J connectivity index is 1.81. The molecule has 0 radical (unpaired) electrons. The van der Waals surface area contributed by atoms with Gasteiger partial charge in [-0.25, -0.2) is 0 Å². The summed E-state index contributed by atoms with van der Waals surface area (Å²) in [6, 6.07) is 18.9. The fraction of sp³-hybridized carbons (Fsp3) is 0.240. The third-order valence-corrected chi connectivity index (χ3v) is 5.12. The van der Waals surface area contributed by atoms with Crippen LogP contribution in [-0.4, -0.2) is 4.98 Å². The van der Waals surface area contributed by atoms with Crippen molar-refractivity contribution < 1.29 is 4.42 Å². The molecule has 0 spiro atoms. The van der Waals surface area contributed by atoms with E-state index in [1.165, 1.54) is 22.3 Å². The Kier molecular flexibility index (Phi) is 4.15. The second-order valence-corrected chi connectivity index (χ2v) is 8.32. The molecule has 2 aromatic heterocycles. The molecule has 136 valence electrons. The van der Waals surface area contributed by atoms with Gasteiger partial charge < -0.3 is 4.42 Å². The van der Waals surface area contributed by atoms with Crippen LogP contribution in [0.15, 0.2) is 65.2 Å². The average Bonchev–Trinajstić information content (AvgIpc) is 3.03. The number of fused-ring (bicyclic) bond motifs is 1. The summed E-state index contributed by atoms with van der Waals surface area (Å²) in [6.07, 6.45) is 1.90. The van der Waals surface area contributed by atoms with Crippen LogP contribution in [0.25, 0.3) is 33.6 Å². The molecule has 0 saturated carbocycles. The van der Waals surface area contributed by atoms with E-state index in [0.29, 0.717) is 0 Å². The molecule has 2 nitrogen and oxygen atoms in total. The molecule has 4 rings (SSSR count). The Labute approximate surface area is 160 Å². The smallest absolute Gasteiger partial charge is 0.138 e. The Morgan fingerprint density at radius 1 is 0.852 bits per heavy atom. The first-order valence-corrected chi connectivity index (χ1v) is 9.40. The highest BCUT2D eigenvalue weighted by Crippen LogP contribution is 2.36. The minimum absolute atomic E-state index is 0.135. The lowest BCUT2D eigenvalue weighted by atomic mass is 9.83. The van der Waals surface area contributed by atoms with E-state index >= 15 is 0 Å². The molecule has 0 aliphatic heterocycles. The Hall–Kier alpha value is -2.87. The molecule has 2 heteroatoms. The highest BCUT2D eigenvalue weighted by Gasteiger charge is 2.19. The predicted octanol–water partition coefficient (Wildman–Crippen LogP) is 7.08. The van der Waals surface area contributed by atoms with Crippen molar-refractivity contribution in [2.45, 2.75) is 40.0 Å². The fourth-order valence-electron chi connectivity index (χ4n) is 3.61. The summed E-state index contributed by atoms with van der Waals surface area (Å²) < 4.78 is 6.26. The molecule has 0 aliphatic carbocycles. The van der Waals surface area contributed by atoms with Crippen molar-refractivity contribution in [3.8, 4) is 22.6 Å². The van der Waals surface area contributed by atoms with Crippen LogP contribution in [-0.2, 0) is 5.41 Å². The normalized spacial score (nSPS) is 11.9. The molecule has 0 N–H and O–H groups in total. The SMILES string of the molecule is Cc1cc(C(C)(C)C)cc(C)c1-c1cc2cnc(-c3ccccc3)cc2o1. The van der Waals surface area contributed by atoms with E-state index in [0.717, 1.165) is 28.0 Å². The summed E-state index contributed by atoms with van der Waals surface area (Å²) in [5.41, 5.74) is 8.06. The number of aryl methyl sites for hydroxylation is 2. The third-order valence-electron chi connectivity index (χ3n) is 5.12. The zero-order valence-corrected chi connectivity index (χ0v) is 16.6. The van der Waals surface area contributed by atoms with Crippen LogP contribution in [0.1, 0.15) is 37.5 Å². The number of aromatic nitrogens is 1. The zero-order valence-electron chi connectivity index (χ0n) is 16.6. The number of hydrogen-bond donors (Lipinski definition) is 0. The first kappa shape index (κ1) is 17.5. The fourth-order valence-corrected chi connectivity index (χ4v) is 3.61. The molecular weight excluding hydrogens is 330 g/mol. The quantitative estimate of drug-likeness (QED) is 0.384. The van der Waals surface area contributed by atoms with Crippen molar-refractivity contribution in [3.05, 3.63) is 77.5 Å². The minimum Gasteiger partial charge on any atom is -0.456 e. The average molecular weight is 355 g/mol. The van der Waals surface area contributed by atoms with Crippen molar-refractivity contribution in [1.29, 1.82) is 0 Å². The summed E-state index contributed by atoms with van der Waals surface area (Å²) in [7, 11) is 0. The van der Waals surface area contributed by atoms with Gasteiger partial charge in [0.05, 0.1) is 5.69 Å². The monoisotopic (exact) mass is 355 g/mol. The van der Waals surface area contributed by atoms with Gasteiger partial charge in [-0.3, -0.25) is 4.98 Å². The molecule has 4 aromatic rings. The molecule has 2 heterocycles. The molecule has 0 unspecified atom stereocenters. The van der Waals surface area contributed by atoms with E-state index in [2.05, 4.69) is 69.9 Å². The van der Waals surface area contributed by atoms with Gasteiger partial charge in [-0.15, -0.1) is 0 Å². The first-order valence-electron chi connectivity index (χ1n) is 9.40. The van der Waals surface area contributed by atoms with Crippen molar-refractivity contribution >= 4 is 11.0 Å². The lowest BCUT2D eigenvalue weighted by Crippen LogP contribution is -2.12. The maximum absolute atomic E-state index is 6.26. The molecule has 0 fully saturated rings. The third kappa shape index (κ3) is 3.28. The first-order chi connectivity index (χ1) is 12.8. The summed E-state index contributed by atoms with van der Waals surface area (Å²) >= 11 is 0. The Bertz CT molecular complexity index is 1090. The van der Waals surface area contributed by atoms with Gasteiger partial charge in [-0.05, 0) is 42.0 Å². The lowest BCUT2D eigenvalue weighted by molar-refractivity contribution is 0.588. The van der Waals surface area contributed by atoms with Gasteiger partial charge >= 0.3 is 0 Å². The Morgan fingerprint density at radius 3 is 2.15 bits per heavy atom. The molecule has 2 aromatic carbocycles. The standard InChI is InChI=1S/C25H25NO/c1-16-11-20(25(3,4)5)12-17(2)24(16)23-13-19-15-26-21(14-22(19)27-23)18-9-7-6-8-10-18/h6-15H,1-5H3. The molecule has 0 amide bonds. The number of furan rings is 1. The number of pyridine rings is 1. The second kappa shape index (κ2) is 6.38. The number of hydrogen-bond acceptors (Lipinski definition) is 2. The van der Waals surface area contributed by atoms with Crippen LogP contribution >= 0.6 is 0 Å². The van der Waals surface area contributed by atoms with Gasteiger partial charge in [-0.2, -0.15) is 0 Å². The van der Waals surface area contributed by atoms with Gasteiger partial charge in [0.15, 0.2) is 0 Å². The lowest BCUT2D eigenvalue weighted by Gasteiger charge is -2.21. The van der Waals surface area contributed by atoms with Crippen LogP contribution in [0.4, 0.5) is 0 Å². The molecular formula is C25H25NO. The van der Waals surface area contributed by atoms with Gasteiger partial charge in [-0.1, -0.05) is 63.2 Å². The van der Waals surface area contributed by atoms with E-state index in [1.807, 2.05) is 30.5 Å². The summed E-state index contributed by atoms with van der Waals surface area (Å²) in [5.74, 6) is 0.910. The number of rotatable bonds is 2. The van der Waals surface area contributed by atoms with Crippen LogP contribution < -0.4 is 0 Å². The predicted molar refractivity (Wildman–Crippen MR) is 113 cm³/mol. The van der Waals surface area contributed by atoms with Gasteiger partial charge in [0, 0.05) is 28.8 Å². The largest absolute Gasteiger partial charge is 0.456 e. The van der Waals surface area contributed by atoms with Crippen molar-refractivity contribution in [2.75, 3.05) is 0 Å². The minimum atomic E-state index is 0.135. The number of nitrogens with zero attached hydrogens (tertiary/aromatic N) is 1. The summed E-state index contributed by atoms with van der Waals surface area (Å²) in [6.45, 7) is 11.1. The second-order valence-electron chi connectivity index (χ2n) is 8.32. The van der Waals surface area contributed by atoms with Crippen molar-refractivity contribution in [2.24, 2.45) is 0 Å². The van der Waals surface area contributed by atoms with E-state index < -0.39 is 0 Å². The molecule has 0 atom stereocenters. The van der Waals surface area contributed by atoms with E-state index in [9.17, 15) is 0 Å². The molecule has 0 saturated heterocycles. The van der Waals surface area contributed by atoms with E-state index in [4.69, 9.17) is 4.42 Å². The van der Waals surface area contributed by atoms with Crippen molar-refractivity contribution in [3.63, 3.8) is 0 Å². The highest BCUT2D eigenvalue weighted by molar-refractivity contribution is 5.86. The van der Waals surface area contributed by atoms with E-state index in [1.54, 1.807) is 0 Å². The highest BCUT2D eigenvalue weighted by atomic mass is 16.3. The van der Waals surface area contributed by atoms with Gasteiger partial charge in [0.1, 0.15) is 11.3 Å². The topological polar surface area (TPSA) is 26.0 Å². The summed E-state index contributed by atoms with van der Waals surface area (Å²) in [4.78, 5) is 4.62. The maximum Gasteiger partial charge on any atom is 0.138 e. The Morgan fingerprint density at radius 2 is 1.52 bits per heavy atom. The molecule has 0 bridgehead atoms. The van der Waals surface area contributed by atoms with Crippen LogP contribution in [0, 0.1) is 13.8 Å². The van der Waals surface area contributed by atoms with Crippen LogP contribution in [0.3, 0.4) is 0 Å². The van der Waals surface area contributed by atoms with Gasteiger partial charge in [0.2, 0.25) is 0 Å². The summed E-state index contributed by atoms with van der Waals surface area (Å²) in [5, 5.41) is 1.03. The van der Waals surface area contributed by atoms with Crippen LogP contribution in [0.5, 0.6) is 0 Å². The molecule has 27 heavy (non-hydrogen) atoms. The van der Waals surface area contributed by atoms with Crippen molar-refractivity contribution in [1.82, 2.24) is 4.98 Å². The van der Waals surface area contributed by atoms with Gasteiger partial charge in [0.25, 0.3) is 0 Å². The number of benzene rings is 2. The maximum atomic E-state index is 6.26. The molecule has 0 aliphatic rings. The van der Waals surface area contributed by atoms with Crippen LogP contribution in [0.2, 0.25) is 0 Å².